The molecule has 0 N–H and O–H groups in total. The second-order valence-corrected chi connectivity index (χ2v) is 7.72. The number of hydrogen-bond donors (Lipinski definition) is 0. The van der Waals surface area contributed by atoms with E-state index in [1.165, 1.54) is 4.68 Å². The number of hydrogen-bond acceptors (Lipinski definition) is 4. The van der Waals surface area contributed by atoms with Crippen LogP contribution in [0, 0.1) is 27.7 Å². The fourth-order valence-electron chi connectivity index (χ4n) is 3.09. The normalized spacial score (nSPS) is 10.9. The van der Waals surface area contributed by atoms with E-state index in [1.54, 1.807) is 46.0 Å². The maximum absolute atomic E-state index is 13.3. The van der Waals surface area contributed by atoms with E-state index >= 15 is 0 Å². The summed E-state index contributed by atoms with van der Waals surface area (Å²) in [5, 5.41) is 5.04. The maximum Gasteiger partial charge on any atom is 0.344 e. The topological polar surface area (TPSA) is 61.2 Å². The maximum atomic E-state index is 13.3. The molecule has 0 aliphatic heterocycles. The van der Waals surface area contributed by atoms with Crippen molar-refractivity contribution in [2.75, 3.05) is 0 Å². The van der Waals surface area contributed by atoms with Crippen LogP contribution in [0.1, 0.15) is 48.7 Å². The number of ketones is 1. The van der Waals surface area contributed by atoms with E-state index in [0.717, 1.165) is 11.1 Å². The third kappa shape index (κ3) is 3.93. The highest BCUT2D eigenvalue weighted by Crippen LogP contribution is 2.34. The lowest BCUT2D eigenvalue weighted by Crippen LogP contribution is -2.14. The first-order valence-corrected chi connectivity index (χ1v) is 9.69. The Kier molecular flexibility index (Phi) is 5.82. The number of halogens is 2. The van der Waals surface area contributed by atoms with Gasteiger partial charge in [-0.25, -0.2) is 9.48 Å². The molecular weight excluding hydrogens is 411 g/mol. The minimum atomic E-state index is -0.573. The van der Waals surface area contributed by atoms with Gasteiger partial charge in [0, 0.05) is 17.6 Å². The quantitative estimate of drug-likeness (QED) is 0.409. The Labute approximate surface area is 179 Å². The van der Waals surface area contributed by atoms with Gasteiger partial charge in [-0.05, 0) is 57.0 Å². The summed E-state index contributed by atoms with van der Waals surface area (Å²) >= 11 is 12.6. The number of aromatic nitrogens is 2. The monoisotopic (exact) mass is 430 g/mol. The van der Waals surface area contributed by atoms with Gasteiger partial charge in [-0.3, -0.25) is 4.79 Å². The highest BCUT2D eigenvalue weighted by molar-refractivity contribution is 6.39. The third-order valence-corrected chi connectivity index (χ3v) is 5.79. The van der Waals surface area contributed by atoms with Gasteiger partial charge in [-0.15, -0.1) is 0 Å². The van der Waals surface area contributed by atoms with Crippen LogP contribution >= 0.6 is 23.2 Å². The molecule has 5 nitrogen and oxygen atoms in total. The SMILES string of the molecule is Cc1ccc(C(=O)Oc2c(C(=O)c3cc(C)c(Cl)c(C)c3Cl)c(C)nn2C)cc1. The van der Waals surface area contributed by atoms with E-state index in [2.05, 4.69) is 5.10 Å². The molecule has 0 saturated carbocycles. The van der Waals surface area contributed by atoms with E-state index in [0.29, 0.717) is 21.8 Å². The summed E-state index contributed by atoms with van der Waals surface area (Å²) in [5.41, 5.74) is 3.67. The standard InChI is InChI=1S/C22H20Cl2N2O3/c1-11-6-8-15(9-7-11)22(28)29-21-17(14(4)25-26(21)5)20(27)16-10-12(2)18(23)13(3)19(16)24/h6-10H,1-5H3. The molecule has 3 rings (SSSR count). The Hall–Kier alpha value is -2.63. The van der Waals surface area contributed by atoms with Crippen LogP contribution in [-0.2, 0) is 7.05 Å². The summed E-state index contributed by atoms with van der Waals surface area (Å²) in [6, 6.07) is 8.61. The number of esters is 1. The number of nitrogens with zero attached hydrogens (tertiary/aromatic N) is 2. The van der Waals surface area contributed by atoms with Crippen molar-refractivity contribution < 1.29 is 14.3 Å². The Bertz CT molecular complexity index is 1130. The molecule has 0 amide bonds. The predicted molar refractivity (Wildman–Crippen MR) is 113 cm³/mol. The number of carbonyl (C=O) groups excluding carboxylic acids is 2. The van der Waals surface area contributed by atoms with Crippen LogP contribution in [0.15, 0.2) is 30.3 Å². The number of benzene rings is 2. The van der Waals surface area contributed by atoms with Crippen molar-refractivity contribution in [3.63, 3.8) is 0 Å². The molecule has 0 unspecified atom stereocenters. The van der Waals surface area contributed by atoms with Crippen molar-refractivity contribution in [3.8, 4) is 5.88 Å². The summed E-state index contributed by atoms with van der Waals surface area (Å²) in [5.74, 6) is -0.883. The average Bonchev–Trinajstić information content (AvgIpc) is 2.96. The van der Waals surface area contributed by atoms with Crippen molar-refractivity contribution >= 4 is 35.0 Å². The second kappa shape index (κ2) is 8.01. The van der Waals surface area contributed by atoms with E-state index in [4.69, 9.17) is 27.9 Å². The predicted octanol–water partition coefficient (Wildman–Crippen LogP) is 5.41. The number of carbonyl (C=O) groups is 2. The summed E-state index contributed by atoms with van der Waals surface area (Å²) < 4.78 is 6.93. The lowest BCUT2D eigenvalue weighted by molar-refractivity contribution is 0.0718. The molecule has 0 radical (unpaired) electrons. The first-order chi connectivity index (χ1) is 13.6. The zero-order valence-electron chi connectivity index (χ0n) is 16.8. The fourth-order valence-corrected chi connectivity index (χ4v) is 3.52. The Morgan fingerprint density at radius 3 is 2.24 bits per heavy atom. The van der Waals surface area contributed by atoms with Crippen molar-refractivity contribution in [3.05, 3.63) is 79.5 Å². The van der Waals surface area contributed by atoms with Crippen LogP contribution in [-0.4, -0.2) is 21.5 Å². The zero-order chi connectivity index (χ0) is 21.5. The van der Waals surface area contributed by atoms with Gasteiger partial charge in [-0.2, -0.15) is 5.10 Å². The molecule has 0 spiro atoms. The number of aryl methyl sites for hydroxylation is 4. The van der Waals surface area contributed by atoms with Crippen molar-refractivity contribution in [1.29, 1.82) is 0 Å². The van der Waals surface area contributed by atoms with Crippen LogP contribution in [0.4, 0.5) is 0 Å². The second-order valence-electron chi connectivity index (χ2n) is 6.97. The highest BCUT2D eigenvalue weighted by atomic mass is 35.5. The van der Waals surface area contributed by atoms with Gasteiger partial charge >= 0.3 is 5.97 Å². The molecular formula is C22H20Cl2N2O3. The minimum Gasteiger partial charge on any atom is -0.403 e. The van der Waals surface area contributed by atoms with Crippen LogP contribution in [0.3, 0.4) is 0 Å². The van der Waals surface area contributed by atoms with Crippen molar-refractivity contribution in [2.24, 2.45) is 7.05 Å². The van der Waals surface area contributed by atoms with E-state index in [1.807, 2.05) is 19.1 Å². The highest BCUT2D eigenvalue weighted by Gasteiger charge is 2.27. The summed E-state index contributed by atoms with van der Waals surface area (Å²) in [6.07, 6.45) is 0. The first kappa shape index (κ1) is 21.1. The summed E-state index contributed by atoms with van der Waals surface area (Å²) in [7, 11) is 1.61. The first-order valence-electron chi connectivity index (χ1n) is 8.94. The van der Waals surface area contributed by atoms with Gasteiger partial charge < -0.3 is 4.74 Å². The van der Waals surface area contributed by atoms with Gasteiger partial charge in [-0.1, -0.05) is 40.9 Å². The minimum absolute atomic E-state index is 0.0689. The molecule has 2 aromatic carbocycles. The lowest BCUT2D eigenvalue weighted by Gasteiger charge is -2.12. The third-order valence-electron chi connectivity index (χ3n) is 4.72. The van der Waals surface area contributed by atoms with E-state index in [9.17, 15) is 9.59 Å². The van der Waals surface area contributed by atoms with Crippen LogP contribution in [0.5, 0.6) is 5.88 Å². The number of ether oxygens (including phenoxy) is 1. The molecule has 1 aromatic heterocycles. The molecule has 0 bridgehead atoms. The number of rotatable bonds is 4. The van der Waals surface area contributed by atoms with E-state index in [-0.39, 0.29) is 27.8 Å². The van der Waals surface area contributed by atoms with Crippen LogP contribution in [0.2, 0.25) is 10.0 Å². The Morgan fingerprint density at radius 2 is 1.62 bits per heavy atom. The molecule has 0 saturated heterocycles. The average molecular weight is 431 g/mol. The molecule has 3 aromatic rings. The molecule has 0 aliphatic carbocycles. The largest absolute Gasteiger partial charge is 0.403 e. The van der Waals surface area contributed by atoms with Crippen molar-refractivity contribution in [1.82, 2.24) is 9.78 Å². The fraction of sp³-hybridized carbons (Fsp3) is 0.227. The van der Waals surface area contributed by atoms with Crippen molar-refractivity contribution in [2.45, 2.75) is 27.7 Å². The van der Waals surface area contributed by atoms with Gasteiger partial charge in [0.2, 0.25) is 11.7 Å². The Morgan fingerprint density at radius 1 is 1.00 bits per heavy atom. The lowest BCUT2D eigenvalue weighted by atomic mass is 9.99. The van der Waals surface area contributed by atoms with Crippen LogP contribution < -0.4 is 4.74 Å². The molecule has 29 heavy (non-hydrogen) atoms. The van der Waals surface area contributed by atoms with Gasteiger partial charge in [0.05, 0.1) is 16.3 Å². The summed E-state index contributed by atoms with van der Waals surface area (Å²) in [4.78, 5) is 25.9. The molecule has 1 heterocycles. The van der Waals surface area contributed by atoms with Gasteiger partial charge in [0.1, 0.15) is 5.56 Å². The molecule has 0 aliphatic rings. The van der Waals surface area contributed by atoms with E-state index < -0.39 is 5.97 Å². The van der Waals surface area contributed by atoms with Gasteiger partial charge in [0.15, 0.2) is 0 Å². The molecule has 7 heteroatoms. The van der Waals surface area contributed by atoms with Gasteiger partial charge in [0.25, 0.3) is 0 Å². The molecule has 150 valence electrons. The molecule has 0 fully saturated rings. The smallest absolute Gasteiger partial charge is 0.344 e. The molecule has 0 atom stereocenters. The zero-order valence-corrected chi connectivity index (χ0v) is 18.3. The Balaban J connectivity index is 2.05. The summed E-state index contributed by atoms with van der Waals surface area (Å²) in [6.45, 7) is 7.16. The van der Waals surface area contributed by atoms with Crippen LogP contribution in [0.25, 0.3) is 0 Å².